The van der Waals surface area contributed by atoms with Gasteiger partial charge >= 0.3 is 5.96 Å². The molecule has 4 nitrogen and oxygen atoms in total. The zero-order valence-corrected chi connectivity index (χ0v) is 18.3. The second kappa shape index (κ2) is 8.20. The largest absolute Gasteiger partial charge is 0.494 e. The maximum atomic E-state index is 5.63. The third-order valence-electron chi connectivity index (χ3n) is 8.13. The van der Waals surface area contributed by atoms with Gasteiger partial charge in [0.25, 0.3) is 0 Å². The fourth-order valence-corrected chi connectivity index (χ4v) is 6.62. The number of hydrogen-bond donors (Lipinski definition) is 1. The van der Waals surface area contributed by atoms with Crippen LogP contribution in [0.2, 0.25) is 0 Å². The molecule has 4 aliphatic rings. The Morgan fingerprint density at radius 1 is 1.14 bits per heavy atom. The van der Waals surface area contributed by atoms with E-state index in [9.17, 15) is 0 Å². The minimum absolute atomic E-state index is 0.586. The van der Waals surface area contributed by atoms with Crippen molar-refractivity contribution in [3.05, 3.63) is 29.8 Å². The molecule has 5 unspecified atom stereocenters. The third-order valence-corrected chi connectivity index (χ3v) is 8.13. The number of nitrogens with one attached hydrogen (secondary N) is 1. The molecule has 1 aromatic rings. The quantitative estimate of drug-likeness (QED) is 0.676. The van der Waals surface area contributed by atoms with E-state index in [1.54, 1.807) is 0 Å². The van der Waals surface area contributed by atoms with E-state index in [2.05, 4.69) is 46.0 Å². The van der Waals surface area contributed by atoms with Gasteiger partial charge in [0.15, 0.2) is 0 Å². The topological polar surface area (TPSA) is 27.5 Å². The van der Waals surface area contributed by atoms with Gasteiger partial charge in [0.1, 0.15) is 24.4 Å². The van der Waals surface area contributed by atoms with Crippen LogP contribution in [-0.4, -0.2) is 53.8 Å². The molecule has 1 aromatic carbocycles. The molecule has 2 aliphatic carbocycles. The molecular weight excluding hydrogens is 358 g/mol. The van der Waals surface area contributed by atoms with E-state index in [-0.39, 0.29) is 0 Å². The van der Waals surface area contributed by atoms with Crippen LogP contribution < -0.4 is 10.1 Å². The van der Waals surface area contributed by atoms with Crippen molar-refractivity contribution < 1.29 is 9.31 Å². The van der Waals surface area contributed by atoms with Crippen LogP contribution in [-0.2, 0) is 6.42 Å². The van der Waals surface area contributed by atoms with E-state index in [1.807, 2.05) is 6.92 Å². The Bertz CT molecular complexity index is 743. The Balaban J connectivity index is 1.27. The summed E-state index contributed by atoms with van der Waals surface area (Å²) in [5.41, 5.74) is 1.43. The maximum absolute atomic E-state index is 5.63. The molecule has 29 heavy (non-hydrogen) atoms. The second-order valence-electron chi connectivity index (χ2n) is 9.77. The molecule has 2 heterocycles. The SMILES string of the molecule is CCOc1ccc(CC2C[N+]3=C(NCC3CC)N2CCC2CC3CCC2C3)cc1. The maximum Gasteiger partial charge on any atom is 0.349 e. The number of fused-ring (bicyclic) bond motifs is 2. The Hall–Kier alpha value is -1.71. The van der Waals surface area contributed by atoms with Gasteiger partial charge in [-0.1, -0.05) is 25.5 Å². The average Bonchev–Trinajstić information content (AvgIpc) is 3.50. The van der Waals surface area contributed by atoms with Crippen molar-refractivity contribution in [3.63, 3.8) is 0 Å². The standard InChI is InChI=1S/C25H37N3O/c1-3-22-16-26-25-27(12-11-21-14-19-5-8-20(21)13-19)23(17-28(22)25)15-18-6-9-24(10-7-18)29-4-2/h6-7,9-10,19-23H,3-5,8,11-17H2,1-2H3/p+1. The van der Waals surface area contributed by atoms with Gasteiger partial charge in [-0.15, -0.1) is 0 Å². The lowest BCUT2D eigenvalue weighted by molar-refractivity contribution is -0.550. The number of rotatable bonds is 8. The summed E-state index contributed by atoms with van der Waals surface area (Å²) in [6.45, 7) is 8.62. The summed E-state index contributed by atoms with van der Waals surface area (Å²) in [5.74, 6) is 5.49. The molecule has 2 aliphatic heterocycles. The van der Waals surface area contributed by atoms with Crippen molar-refractivity contribution >= 4 is 5.96 Å². The zero-order valence-electron chi connectivity index (χ0n) is 18.3. The fourth-order valence-electron chi connectivity index (χ4n) is 6.62. The van der Waals surface area contributed by atoms with Crippen LogP contribution in [0.5, 0.6) is 5.75 Å². The highest BCUT2D eigenvalue weighted by Crippen LogP contribution is 2.49. The minimum atomic E-state index is 0.586. The van der Waals surface area contributed by atoms with Crippen LogP contribution in [0, 0.1) is 17.8 Å². The first-order valence-electron chi connectivity index (χ1n) is 12.1. The third kappa shape index (κ3) is 3.75. The predicted molar refractivity (Wildman–Crippen MR) is 118 cm³/mol. The molecule has 0 amide bonds. The van der Waals surface area contributed by atoms with Gasteiger partial charge in [-0.3, -0.25) is 14.8 Å². The summed E-state index contributed by atoms with van der Waals surface area (Å²) in [5, 5.41) is 3.77. The second-order valence-corrected chi connectivity index (χ2v) is 9.77. The normalized spacial score (nSPS) is 32.8. The Kier molecular flexibility index (Phi) is 5.45. The molecule has 2 fully saturated rings. The molecule has 1 N–H and O–H groups in total. The molecule has 158 valence electrons. The van der Waals surface area contributed by atoms with Gasteiger partial charge in [0.2, 0.25) is 0 Å². The van der Waals surface area contributed by atoms with Crippen molar-refractivity contribution in [2.24, 2.45) is 17.8 Å². The van der Waals surface area contributed by atoms with E-state index >= 15 is 0 Å². The molecule has 0 saturated heterocycles. The highest BCUT2D eigenvalue weighted by Gasteiger charge is 2.46. The van der Waals surface area contributed by atoms with Crippen LogP contribution in [0.15, 0.2) is 24.3 Å². The fraction of sp³-hybridized carbons (Fsp3) is 0.720. The van der Waals surface area contributed by atoms with Crippen LogP contribution in [0.25, 0.3) is 0 Å². The molecule has 5 rings (SSSR count). The molecular formula is C25H38N3O+. The Labute approximate surface area is 176 Å². The van der Waals surface area contributed by atoms with E-state index in [4.69, 9.17) is 4.74 Å². The molecule has 0 radical (unpaired) electrons. The van der Waals surface area contributed by atoms with Crippen molar-refractivity contribution in [2.75, 3.05) is 26.2 Å². The van der Waals surface area contributed by atoms with Crippen LogP contribution in [0.4, 0.5) is 0 Å². The first-order valence-corrected chi connectivity index (χ1v) is 12.1. The highest BCUT2D eigenvalue weighted by atomic mass is 16.5. The van der Waals surface area contributed by atoms with Crippen molar-refractivity contribution in [3.8, 4) is 5.75 Å². The van der Waals surface area contributed by atoms with E-state index in [0.717, 1.165) is 43.1 Å². The van der Waals surface area contributed by atoms with Gasteiger partial charge in [0, 0.05) is 6.42 Å². The zero-order chi connectivity index (χ0) is 19.8. The Morgan fingerprint density at radius 3 is 2.69 bits per heavy atom. The number of benzene rings is 1. The number of nitrogens with zero attached hydrogens (tertiary/aromatic N) is 2. The summed E-state index contributed by atoms with van der Waals surface area (Å²) in [4.78, 5) is 2.73. The number of ether oxygens (including phenoxy) is 1. The smallest absolute Gasteiger partial charge is 0.349 e. The van der Waals surface area contributed by atoms with Gasteiger partial charge in [0.05, 0.1) is 19.7 Å². The summed E-state index contributed by atoms with van der Waals surface area (Å²) < 4.78 is 8.29. The van der Waals surface area contributed by atoms with Gasteiger partial charge in [-0.25, -0.2) is 0 Å². The molecule has 2 saturated carbocycles. The molecule has 0 aromatic heterocycles. The van der Waals surface area contributed by atoms with Crippen LogP contribution in [0.1, 0.15) is 57.9 Å². The molecule has 4 heteroatoms. The van der Waals surface area contributed by atoms with E-state index < -0.39 is 0 Å². The average molecular weight is 397 g/mol. The predicted octanol–water partition coefficient (Wildman–Crippen LogP) is 3.89. The van der Waals surface area contributed by atoms with E-state index in [1.165, 1.54) is 63.1 Å². The minimum Gasteiger partial charge on any atom is -0.494 e. The Morgan fingerprint density at radius 2 is 2.00 bits per heavy atom. The van der Waals surface area contributed by atoms with Gasteiger partial charge in [-0.2, -0.15) is 0 Å². The highest BCUT2D eigenvalue weighted by molar-refractivity contribution is 5.78. The molecule has 0 spiro atoms. The van der Waals surface area contributed by atoms with Gasteiger partial charge in [-0.05, 0) is 74.5 Å². The lowest BCUT2D eigenvalue weighted by Gasteiger charge is -2.26. The molecule has 5 atom stereocenters. The lowest BCUT2D eigenvalue weighted by Crippen LogP contribution is -2.45. The van der Waals surface area contributed by atoms with Crippen LogP contribution in [0.3, 0.4) is 0 Å². The van der Waals surface area contributed by atoms with Crippen molar-refractivity contribution in [1.29, 1.82) is 0 Å². The van der Waals surface area contributed by atoms with Gasteiger partial charge < -0.3 is 4.74 Å². The lowest BCUT2D eigenvalue weighted by atomic mass is 9.86. The summed E-state index contributed by atoms with van der Waals surface area (Å²) in [7, 11) is 0. The first kappa shape index (κ1) is 19.3. The first-order chi connectivity index (χ1) is 14.2. The number of hydrogen-bond acceptors (Lipinski definition) is 3. The molecule has 2 bridgehead atoms. The summed E-state index contributed by atoms with van der Waals surface area (Å²) in [6, 6.07) is 10.0. The summed E-state index contributed by atoms with van der Waals surface area (Å²) >= 11 is 0. The number of guanidine groups is 1. The van der Waals surface area contributed by atoms with Crippen LogP contribution >= 0.6 is 0 Å². The summed E-state index contributed by atoms with van der Waals surface area (Å²) in [6.07, 6.45) is 9.79. The van der Waals surface area contributed by atoms with Crippen molar-refractivity contribution in [1.82, 2.24) is 10.2 Å². The van der Waals surface area contributed by atoms with Crippen molar-refractivity contribution in [2.45, 2.75) is 70.9 Å². The van der Waals surface area contributed by atoms with E-state index in [0.29, 0.717) is 12.1 Å². The monoisotopic (exact) mass is 396 g/mol.